The summed E-state index contributed by atoms with van der Waals surface area (Å²) >= 11 is 0. The predicted octanol–water partition coefficient (Wildman–Crippen LogP) is 5.60. The molecule has 0 spiro atoms. The molecule has 476 valence electrons. The van der Waals surface area contributed by atoms with Crippen molar-refractivity contribution < 1.29 is 62.0 Å². The van der Waals surface area contributed by atoms with Gasteiger partial charge < -0.3 is 71.5 Å². The number of Topliss-reactive ketones (excluding diaryl/α,β-unsaturated/α-hetero) is 1. The van der Waals surface area contributed by atoms with E-state index >= 15 is 0 Å². The number of allylic oxidation sites excluding steroid dienone is 1. The van der Waals surface area contributed by atoms with Crippen molar-refractivity contribution in [1.82, 2.24) is 47.9 Å². The number of nitrogens with one attached hydrogen (secondary N) is 9. The number of alkyl carbamates (subject to hydrolysis) is 1. The standard InChI is InChI=1S/C63H101N9O13/c1-9-23-47-45-24-19-28-52(73)46(45)32-34-55(47)83-42-18-10-17-41-82-53-29-20-30-54(48(53)33-35-58(76)81-8)84-43-21-31-56(74)67-39-22-40-68-59(77)49(25-11-14-36-64-5)71-61(79)51(27-13-16-38-66-7)72-60(78)50(26-12-15-37-65-6)70-57(75)44-69-62(80)85-63(2,3)4/h9,20,29-30,32,34,49-51,64-66H,1,10-19,21-28,31,33,35-44H2,2-8H3,(H,67,74)(H,68,77)(H,69,80)(H,70,75)(H,71,79)(H,72,78). The number of carbonyl (C=O) groups is 8. The highest BCUT2D eigenvalue weighted by Crippen LogP contribution is 2.33. The summed E-state index contributed by atoms with van der Waals surface area (Å²) in [5, 5.41) is 26.0. The summed E-state index contributed by atoms with van der Waals surface area (Å²) in [7, 11) is 6.83. The number of hydrogen-bond acceptors (Lipinski definition) is 16. The number of methoxy groups -OCH3 is 1. The number of ether oxygens (including phenoxy) is 5. The highest BCUT2D eigenvalue weighted by Gasteiger charge is 2.30. The molecule has 2 aromatic carbocycles. The molecule has 3 unspecified atom stereocenters. The average Bonchev–Trinajstić information content (AvgIpc) is 3.43. The first-order valence-electron chi connectivity index (χ1n) is 30.7. The number of ketones is 1. The van der Waals surface area contributed by atoms with Crippen molar-refractivity contribution in [3.8, 4) is 17.2 Å². The van der Waals surface area contributed by atoms with Gasteiger partial charge in [-0.15, -0.1) is 6.58 Å². The summed E-state index contributed by atoms with van der Waals surface area (Å²) in [4.78, 5) is 105. The normalized spacial score (nSPS) is 13.0. The highest BCUT2D eigenvalue weighted by atomic mass is 16.6. The van der Waals surface area contributed by atoms with Crippen molar-refractivity contribution in [3.05, 3.63) is 65.2 Å². The Kier molecular flexibility index (Phi) is 35.9. The minimum absolute atomic E-state index is 0.129. The monoisotopic (exact) mass is 1190 g/mol. The topological polar surface area (TPSA) is 291 Å². The molecule has 0 radical (unpaired) electrons. The summed E-state index contributed by atoms with van der Waals surface area (Å²) in [5.74, 6) is -0.469. The Morgan fingerprint density at radius 2 is 1.12 bits per heavy atom. The number of fused-ring (bicyclic) bond motifs is 1. The molecule has 0 heterocycles. The highest BCUT2D eigenvalue weighted by molar-refractivity contribution is 5.99. The lowest BCUT2D eigenvalue weighted by molar-refractivity contribution is -0.140. The van der Waals surface area contributed by atoms with Gasteiger partial charge in [-0.25, -0.2) is 4.79 Å². The smallest absolute Gasteiger partial charge is 0.408 e. The van der Waals surface area contributed by atoms with Gasteiger partial charge in [0.2, 0.25) is 29.5 Å². The minimum atomic E-state index is -1.01. The van der Waals surface area contributed by atoms with Crippen LogP contribution in [-0.4, -0.2) is 158 Å². The zero-order chi connectivity index (χ0) is 62.2. The van der Waals surface area contributed by atoms with E-state index in [9.17, 15) is 38.4 Å². The molecular weight excluding hydrogens is 1090 g/mol. The van der Waals surface area contributed by atoms with Gasteiger partial charge in [-0.3, -0.25) is 33.6 Å². The van der Waals surface area contributed by atoms with Crippen LogP contribution in [0, 0.1) is 0 Å². The fourth-order valence-electron chi connectivity index (χ4n) is 9.59. The van der Waals surface area contributed by atoms with Gasteiger partial charge in [0.15, 0.2) is 5.78 Å². The first kappa shape index (κ1) is 72.5. The molecule has 85 heavy (non-hydrogen) atoms. The summed E-state index contributed by atoms with van der Waals surface area (Å²) in [6.07, 6.45) is 12.9. The number of hydrogen-bond donors (Lipinski definition) is 9. The third kappa shape index (κ3) is 29.7. The van der Waals surface area contributed by atoms with Gasteiger partial charge in [0.05, 0.1) is 26.9 Å². The van der Waals surface area contributed by atoms with Crippen molar-refractivity contribution >= 4 is 47.4 Å². The molecule has 0 aromatic heterocycles. The van der Waals surface area contributed by atoms with E-state index < -0.39 is 60.0 Å². The van der Waals surface area contributed by atoms with Crippen molar-refractivity contribution in [2.24, 2.45) is 0 Å². The van der Waals surface area contributed by atoms with E-state index in [0.29, 0.717) is 109 Å². The maximum Gasteiger partial charge on any atom is 0.408 e. The van der Waals surface area contributed by atoms with E-state index in [1.807, 2.05) is 57.6 Å². The molecule has 0 aliphatic heterocycles. The maximum atomic E-state index is 14.1. The Morgan fingerprint density at radius 3 is 1.67 bits per heavy atom. The molecule has 9 N–H and O–H groups in total. The van der Waals surface area contributed by atoms with Crippen LogP contribution in [-0.2, 0) is 57.5 Å². The van der Waals surface area contributed by atoms with Crippen LogP contribution in [0.4, 0.5) is 4.79 Å². The van der Waals surface area contributed by atoms with Gasteiger partial charge in [0.25, 0.3) is 0 Å². The third-order valence-electron chi connectivity index (χ3n) is 14.1. The zero-order valence-corrected chi connectivity index (χ0v) is 51.9. The number of amides is 6. The van der Waals surface area contributed by atoms with Crippen LogP contribution in [0.2, 0.25) is 0 Å². The molecule has 3 rings (SSSR count). The fourth-order valence-corrected chi connectivity index (χ4v) is 9.59. The summed E-state index contributed by atoms with van der Waals surface area (Å²) < 4.78 is 28.8. The third-order valence-corrected chi connectivity index (χ3v) is 14.1. The molecule has 0 bridgehead atoms. The number of rotatable bonds is 45. The van der Waals surface area contributed by atoms with Crippen LogP contribution >= 0.6 is 0 Å². The lowest BCUT2D eigenvalue weighted by Crippen LogP contribution is -2.57. The van der Waals surface area contributed by atoms with E-state index in [1.54, 1.807) is 20.8 Å². The van der Waals surface area contributed by atoms with Gasteiger partial charge in [0, 0.05) is 49.0 Å². The van der Waals surface area contributed by atoms with Crippen molar-refractivity contribution in [2.75, 3.05) is 87.3 Å². The van der Waals surface area contributed by atoms with Crippen molar-refractivity contribution in [1.29, 1.82) is 0 Å². The second-order valence-corrected chi connectivity index (χ2v) is 22.2. The first-order valence-corrected chi connectivity index (χ1v) is 30.7. The number of carbonyl (C=O) groups excluding carboxylic acids is 8. The Morgan fingerprint density at radius 1 is 0.576 bits per heavy atom. The van der Waals surface area contributed by atoms with Gasteiger partial charge in [-0.1, -0.05) is 12.1 Å². The van der Waals surface area contributed by atoms with E-state index in [1.165, 1.54) is 7.11 Å². The first-order chi connectivity index (χ1) is 40.9. The predicted molar refractivity (Wildman–Crippen MR) is 328 cm³/mol. The Labute approximate surface area is 504 Å². The Hall–Kier alpha value is -6.78. The van der Waals surface area contributed by atoms with Crippen LogP contribution in [0.25, 0.3) is 0 Å². The fraction of sp³-hybridized carbons (Fsp3) is 0.651. The molecule has 2 aromatic rings. The second kappa shape index (κ2) is 42.1. The Bertz CT molecular complexity index is 2400. The van der Waals surface area contributed by atoms with Crippen LogP contribution in [0.15, 0.2) is 43.0 Å². The van der Waals surface area contributed by atoms with Crippen molar-refractivity contribution in [3.63, 3.8) is 0 Å². The van der Waals surface area contributed by atoms with Gasteiger partial charge in [0.1, 0.15) is 47.5 Å². The van der Waals surface area contributed by atoms with E-state index in [2.05, 4.69) is 54.4 Å². The molecule has 0 fully saturated rings. The van der Waals surface area contributed by atoms with Crippen LogP contribution < -0.4 is 62.1 Å². The van der Waals surface area contributed by atoms with Gasteiger partial charge in [-0.05, 0) is 207 Å². The molecule has 1 aliphatic rings. The molecule has 22 nitrogen and oxygen atoms in total. The lowest BCUT2D eigenvalue weighted by Gasteiger charge is -2.26. The number of benzene rings is 2. The molecule has 3 atom stereocenters. The van der Waals surface area contributed by atoms with E-state index in [0.717, 1.165) is 79.4 Å². The van der Waals surface area contributed by atoms with Crippen molar-refractivity contribution in [2.45, 2.75) is 179 Å². The molecule has 22 heteroatoms. The van der Waals surface area contributed by atoms with Gasteiger partial charge >= 0.3 is 12.1 Å². The van der Waals surface area contributed by atoms with E-state index in [4.69, 9.17) is 23.7 Å². The van der Waals surface area contributed by atoms with Gasteiger partial charge in [-0.2, -0.15) is 0 Å². The molecule has 1 aliphatic carbocycles. The van der Waals surface area contributed by atoms with Crippen LogP contribution in [0.5, 0.6) is 17.2 Å². The quantitative estimate of drug-likeness (QED) is 0.0222. The Balaban J connectivity index is 1.51. The molecule has 6 amide bonds. The zero-order valence-electron chi connectivity index (χ0n) is 51.9. The van der Waals surface area contributed by atoms with Crippen LogP contribution in [0.1, 0.15) is 163 Å². The summed E-state index contributed by atoms with van der Waals surface area (Å²) in [5.41, 5.74) is 2.91. The van der Waals surface area contributed by atoms with Crippen LogP contribution in [0.3, 0.4) is 0 Å². The second-order valence-electron chi connectivity index (χ2n) is 22.2. The minimum Gasteiger partial charge on any atom is -0.493 e. The largest absolute Gasteiger partial charge is 0.493 e. The SMILES string of the molecule is C=CCc1c(OCCCCCOc2cccc(OCCCC(=O)NCCCNC(=O)C(CCCCNC)NC(=O)C(CCCCNC)NC(=O)C(CCCCNC)NC(=O)CNC(=O)OC(C)(C)C)c2CCC(=O)OC)ccc2c1CCCC2=O. The van der Waals surface area contributed by atoms with E-state index in [-0.39, 0.29) is 56.5 Å². The summed E-state index contributed by atoms with van der Waals surface area (Å²) in [6.45, 7) is 12.4. The maximum absolute atomic E-state index is 14.1. The number of esters is 1. The molecule has 0 saturated heterocycles. The number of unbranched alkanes of at least 4 members (excludes halogenated alkanes) is 5. The molecule has 0 saturated carbocycles. The molecular formula is C63H101N9O13. The summed E-state index contributed by atoms with van der Waals surface area (Å²) in [6, 6.07) is 6.36. The lowest BCUT2D eigenvalue weighted by atomic mass is 9.86. The average molecular weight is 1190 g/mol.